The molecule has 0 radical (unpaired) electrons. The van der Waals surface area contributed by atoms with Gasteiger partial charge in [0.05, 0.1) is 5.69 Å². The highest BCUT2D eigenvalue weighted by Crippen LogP contribution is 2.39. The van der Waals surface area contributed by atoms with E-state index in [1.54, 1.807) is 26.8 Å². The topological polar surface area (TPSA) is 66.8 Å². The van der Waals surface area contributed by atoms with Crippen LogP contribution >= 0.6 is 0 Å². The number of hydrogen-bond donors (Lipinski definition) is 1. The summed E-state index contributed by atoms with van der Waals surface area (Å²) in [6.07, 6.45) is 0.338. The van der Waals surface area contributed by atoms with Crippen molar-refractivity contribution in [1.29, 1.82) is 0 Å². The van der Waals surface area contributed by atoms with Crippen molar-refractivity contribution in [2.45, 2.75) is 45.8 Å². The summed E-state index contributed by atoms with van der Waals surface area (Å²) in [4.78, 5) is 25.3. The third-order valence-corrected chi connectivity index (χ3v) is 3.46. The molecule has 5 nitrogen and oxygen atoms in total. The number of rotatable bonds is 3. The summed E-state index contributed by atoms with van der Waals surface area (Å²) in [5, 5.41) is 9.36. The van der Waals surface area contributed by atoms with Crippen molar-refractivity contribution in [2.75, 3.05) is 4.90 Å². The Morgan fingerprint density at radius 3 is 2.65 bits per heavy atom. The molecule has 0 aromatic heterocycles. The Bertz CT molecular complexity index is 565. The van der Waals surface area contributed by atoms with Crippen molar-refractivity contribution in [2.24, 2.45) is 0 Å². The maximum atomic E-state index is 12.5. The summed E-state index contributed by atoms with van der Waals surface area (Å²) >= 11 is 0. The van der Waals surface area contributed by atoms with Crippen LogP contribution < -0.4 is 9.64 Å². The molecule has 0 saturated carbocycles. The standard InChI is InChI=1S/C15H19NO4/c1-5-10(13(17)18)16-11-7-6-9(2)8-12(11)20-15(3,4)14(16)19/h6-8,10H,5H2,1-4H3,(H,17,18). The van der Waals surface area contributed by atoms with Crippen LogP contribution in [-0.4, -0.2) is 28.6 Å². The molecule has 0 saturated heterocycles. The summed E-state index contributed by atoms with van der Waals surface area (Å²) in [6.45, 7) is 6.98. The van der Waals surface area contributed by atoms with E-state index in [0.29, 0.717) is 17.9 Å². The van der Waals surface area contributed by atoms with Crippen molar-refractivity contribution >= 4 is 17.6 Å². The van der Waals surface area contributed by atoms with Crippen LogP contribution in [0.25, 0.3) is 0 Å². The highest BCUT2D eigenvalue weighted by atomic mass is 16.5. The quantitative estimate of drug-likeness (QED) is 0.921. The number of aryl methyl sites for hydroxylation is 1. The molecule has 0 spiro atoms. The summed E-state index contributed by atoms with van der Waals surface area (Å²) in [5.41, 5.74) is 0.454. The van der Waals surface area contributed by atoms with E-state index in [1.165, 1.54) is 4.90 Å². The lowest BCUT2D eigenvalue weighted by Gasteiger charge is -2.41. The molecule has 1 aliphatic rings. The van der Waals surface area contributed by atoms with E-state index in [4.69, 9.17) is 4.74 Å². The van der Waals surface area contributed by atoms with Crippen LogP contribution in [0, 0.1) is 6.92 Å². The number of benzene rings is 1. The third-order valence-electron chi connectivity index (χ3n) is 3.46. The second-order valence-corrected chi connectivity index (χ2v) is 5.52. The molecular weight excluding hydrogens is 258 g/mol. The number of nitrogens with zero attached hydrogens (tertiary/aromatic N) is 1. The number of carbonyl (C=O) groups is 2. The molecule has 1 aromatic rings. The molecule has 1 heterocycles. The second kappa shape index (κ2) is 4.81. The molecule has 0 aliphatic carbocycles. The Kier molecular flexibility index (Phi) is 3.46. The lowest BCUT2D eigenvalue weighted by atomic mass is 10.00. The van der Waals surface area contributed by atoms with Gasteiger partial charge in [-0.25, -0.2) is 4.79 Å². The minimum absolute atomic E-state index is 0.330. The van der Waals surface area contributed by atoms with Gasteiger partial charge in [-0.05, 0) is 44.9 Å². The first-order valence-electron chi connectivity index (χ1n) is 6.64. The molecule has 1 unspecified atom stereocenters. The lowest BCUT2D eigenvalue weighted by Crippen LogP contribution is -2.57. The lowest BCUT2D eigenvalue weighted by molar-refractivity contribution is -0.143. The van der Waals surface area contributed by atoms with Gasteiger partial charge in [0.1, 0.15) is 11.8 Å². The van der Waals surface area contributed by atoms with Gasteiger partial charge < -0.3 is 9.84 Å². The summed E-state index contributed by atoms with van der Waals surface area (Å²) in [5.74, 6) is -0.789. The van der Waals surface area contributed by atoms with Gasteiger partial charge >= 0.3 is 5.97 Å². The molecule has 1 amide bonds. The van der Waals surface area contributed by atoms with Crippen LogP contribution in [0.1, 0.15) is 32.8 Å². The third kappa shape index (κ3) is 2.24. The van der Waals surface area contributed by atoms with Crippen LogP contribution in [0.4, 0.5) is 5.69 Å². The Morgan fingerprint density at radius 2 is 2.10 bits per heavy atom. The van der Waals surface area contributed by atoms with Gasteiger partial charge in [-0.1, -0.05) is 13.0 Å². The first kappa shape index (κ1) is 14.4. The fourth-order valence-electron chi connectivity index (χ4n) is 2.40. The minimum atomic E-state index is -1.07. The van der Waals surface area contributed by atoms with Crippen LogP contribution in [0.3, 0.4) is 0 Å². The number of ether oxygens (including phenoxy) is 1. The van der Waals surface area contributed by atoms with Gasteiger partial charge in [-0.15, -0.1) is 0 Å². The Morgan fingerprint density at radius 1 is 1.45 bits per heavy atom. The fraction of sp³-hybridized carbons (Fsp3) is 0.467. The Hall–Kier alpha value is -2.04. The molecule has 1 aliphatic heterocycles. The molecule has 1 aromatic carbocycles. The predicted molar refractivity (Wildman–Crippen MR) is 75.1 cm³/mol. The van der Waals surface area contributed by atoms with Crippen LogP contribution in [0.2, 0.25) is 0 Å². The fourth-order valence-corrected chi connectivity index (χ4v) is 2.40. The van der Waals surface area contributed by atoms with Crippen molar-refractivity contribution in [3.05, 3.63) is 23.8 Å². The zero-order valence-electron chi connectivity index (χ0n) is 12.1. The first-order chi connectivity index (χ1) is 9.27. The molecule has 2 rings (SSSR count). The molecule has 0 bridgehead atoms. The first-order valence-corrected chi connectivity index (χ1v) is 6.64. The van der Waals surface area contributed by atoms with E-state index in [-0.39, 0.29) is 5.91 Å². The van der Waals surface area contributed by atoms with Gasteiger partial charge in [0, 0.05) is 0 Å². The van der Waals surface area contributed by atoms with Gasteiger partial charge in [0.25, 0.3) is 5.91 Å². The average molecular weight is 277 g/mol. The molecule has 108 valence electrons. The van der Waals surface area contributed by atoms with Crippen LogP contribution in [-0.2, 0) is 9.59 Å². The highest BCUT2D eigenvalue weighted by molar-refractivity contribution is 6.06. The number of carbonyl (C=O) groups excluding carboxylic acids is 1. The minimum Gasteiger partial charge on any atom is -0.480 e. The average Bonchev–Trinajstić information content (AvgIpc) is 2.34. The second-order valence-electron chi connectivity index (χ2n) is 5.52. The molecule has 1 N–H and O–H groups in total. The number of anilines is 1. The van der Waals surface area contributed by atoms with E-state index < -0.39 is 17.6 Å². The van der Waals surface area contributed by atoms with Gasteiger partial charge in [0.15, 0.2) is 5.60 Å². The van der Waals surface area contributed by atoms with E-state index >= 15 is 0 Å². The van der Waals surface area contributed by atoms with Crippen molar-refractivity contribution in [3.63, 3.8) is 0 Å². The van der Waals surface area contributed by atoms with Crippen molar-refractivity contribution in [3.8, 4) is 5.75 Å². The number of hydrogen-bond acceptors (Lipinski definition) is 3. The van der Waals surface area contributed by atoms with E-state index in [0.717, 1.165) is 5.56 Å². The van der Waals surface area contributed by atoms with Crippen molar-refractivity contribution < 1.29 is 19.4 Å². The van der Waals surface area contributed by atoms with Gasteiger partial charge in [-0.2, -0.15) is 0 Å². The largest absolute Gasteiger partial charge is 0.480 e. The summed E-state index contributed by atoms with van der Waals surface area (Å²) in [7, 11) is 0. The number of amides is 1. The zero-order chi connectivity index (χ0) is 15.1. The molecule has 20 heavy (non-hydrogen) atoms. The number of fused-ring (bicyclic) bond motifs is 1. The van der Waals surface area contributed by atoms with Crippen LogP contribution in [0.5, 0.6) is 5.75 Å². The van der Waals surface area contributed by atoms with Gasteiger partial charge in [0.2, 0.25) is 0 Å². The molecule has 1 atom stereocenters. The van der Waals surface area contributed by atoms with E-state index in [1.807, 2.05) is 19.1 Å². The monoisotopic (exact) mass is 277 g/mol. The normalized spacial score (nSPS) is 18.2. The summed E-state index contributed by atoms with van der Waals surface area (Å²) in [6, 6.07) is 4.52. The maximum absolute atomic E-state index is 12.5. The molecular formula is C15H19NO4. The van der Waals surface area contributed by atoms with E-state index in [9.17, 15) is 14.7 Å². The zero-order valence-corrected chi connectivity index (χ0v) is 12.1. The van der Waals surface area contributed by atoms with Crippen LogP contribution in [0.15, 0.2) is 18.2 Å². The summed E-state index contributed by atoms with van der Waals surface area (Å²) < 4.78 is 5.73. The van der Waals surface area contributed by atoms with E-state index in [2.05, 4.69) is 0 Å². The SMILES string of the molecule is CCC(C(=O)O)N1C(=O)C(C)(C)Oc2cc(C)ccc21. The maximum Gasteiger partial charge on any atom is 0.326 e. The smallest absolute Gasteiger partial charge is 0.326 e. The van der Waals surface area contributed by atoms with Gasteiger partial charge in [-0.3, -0.25) is 9.69 Å². The number of aliphatic carboxylic acids is 1. The molecule has 0 fully saturated rings. The predicted octanol–water partition coefficient (Wildman–Crippen LogP) is 2.36. The van der Waals surface area contributed by atoms with Crippen molar-refractivity contribution in [1.82, 2.24) is 0 Å². The molecule has 5 heteroatoms. The Labute approximate surface area is 118 Å². The Balaban J connectivity index is 2.60. The highest BCUT2D eigenvalue weighted by Gasteiger charge is 2.45. The number of carboxylic acids is 1. The number of carboxylic acid groups (broad SMARTS) is 1.